The molecule has 1 aliphatic carbocycles. The number of para-hydroxylation sites is 2. The first-order valence-corrected chi connectivity index (χ1v) is 11.1. The Morgan fingerprint density at radius 2 is 1.69 bits per heavy atom. The summed E-state index contributed by atoms with van der Waals surface area (Å²) < 4.78 is 15.8. The molecule has 2 aromatic carbocycles. The van der Waals surface area contributed by atoms with Crippen molar-refractivity contribution >= 4 is 17.5 Å². The fraction of sp³-hybridized carbons (Fsp3) is 0.308. The number of halogens is 1. The maximum Gasteiger partial charge on any atom is 0.247 e. The smallest absolute Gasteiger partial charge is 0.247 e. The van der Waals surface area contributed by atoms with E-state index in [1.54, 1.807) is 21.9 Å². The molecule has 0 N–H and O–H groups in total. The predicted octanol–water partition coefficient (Wildman–Crippen LogP) is 4.70. The first-order valence-electron chi connectivity index (χ1n) is 11.1. The van der Waals surface area contributed by atoms with Crippen LogP contribution in [0.3, 0.4) is 0 Å². The molecule has 0 spiro atoms. The Labute approximate surface area is 187 Å². The summed E-state index contributed by atoms with van der Waals surface area (Å²) in [5, 5.41) is 0. The fourth-order valence-corrected chi connectivity index (χ4v) is 4.55. The summed E-state index contributed by atoms with van der Waals surface area (Å²) in [6.07, 6.45) is 3.85. The van der Waals surface area contributed by atoms with Crippen LogP contribution < -0.4 is 4.90 Å². The number of amides is 2. The van der Waals surface area contributed by atoms with Crippen molar-refractivity contribution in [3.8, 4) is 5.69 Å². The molecule has 1 aliphatic heterocycles. The van der Waals surface area contributed by atoms with E-state index in [0.29, 0.717) is 0 Å². The van der Waals surface area contributed by atoms with Gasteiger partial charge in [-0.25, -0.2) is 4.39 Å². The minimum atomic E-state index is -0.414. The van der Waals surface area contributed by atoms with E-state index in [1.165, 1.54) is 12.1 Å². The third-order valence-electron chi connectivity index (χ3n) is 6.24. The molecule has 1 atom stereocenters. The quantitative estimate of drug-likeness (QED) is 0.588. The summed E-state index contributed by atoms with van der Waals surface area (Å²) in [6, 6.07) is 17.7. The number of nitrogens with zero attached hydrogens (tertiary/aromatic N) is 3. The van der Waals surface area contributed by atoms with Gasteiger partial charge in [0.05, 0.1) is 17.1 Å². The van der Waals surface area contributed by atoms with Gasteiger partial charge >= 0.3 is 0 Å². The second-order valence-electron chi connectivity index (χ2n) is 8.86. The molecule has 164 valence electrons. The average molecular weight is 432 g/mol. The third kappa shape index (κ3) is 3.49. The molecule has 1 saturated carbocycles. The van der Waals surface area contributed by atoms with Gasteiger partial charge < -0.3 is 9.47 Å². The van der Waals surface area contributed by atoms with Crippen molar-refractivity contribution in [3.05, 3.63) is 83.9 Å². The molecule has 0 bridgehead atoms. The van der Waals surface area contributed by atoms with Gasteiger partial charge in [0.15, 0.2) is 0 Å². The van der Waals surface area contributed by atoms with Crippen LogP contribution in [-0.2, 0) is 9.59 Å². The predicted molar refractivity (Wildman–Crippen MR) is 121 cm³/mol. The van der Waals surface area contributed by atoms with Crippen LogP contribution >= 0.6 is 0 Å². The molecule has 2 aliphatic rings. The van der Waals surface area contributed by atoms with Crippen LogP contribution in [0.2, 0.25) is 0 Å². The molecular weight excluding hydrogens is 405 g/mol. The highest BCUT2D eigenvalue weighted by molar-refractivity contribution is 6.00. The zero-order valence-corrected chi connectivity index (χ0v) is 18.2. The summed E-state index contributed by atoms with van der Waals surface area (Å²) >= 11 is 0. The molecule has 32 heavy (non-hydrogen) atoms. The lowest BCUT2D eigenvalue weighted by Crippen LogP contribution is -2.48. The Hall–Kier alpha value is -3.41. The molecule has 1 unspecified atom stereocenters. The van der Waals surface area contributed by atoms with Crippen molar-refractivity contribution < 1.29 is 14.0 Å². The number of benzene rings is 2. The first-order chi connectivity index (χ1) is 15.5. The van der Waals surface area contributed by atoms with Crippen LogP contribution in [0, 0.1) is 11.7 Å². The number of aromatic nitrogens is 1. The summed E-state index contributed by atoms with van der Waals surface area (Å²) in [6.45, 7) is 3.77. The molecule has 2 heterocycles. The van der Waals surface area contributed by atoms with Gasteiger partial charge in [-0.3, -0.25) is 14.5 Å². The normalized spacial score (nSPS) is 17.1. The van der Waals surface area contributed by atoms with Gasteiger partial charge in [0.2, 0.25) is 11.8 Å². The van der Waals surface area contributed by atoms with Crippen molar-refractivity contribution in [2.24, 2.45) is 5.92 Å². The van der Waals surface area contributed by atoms with Gasteiger partial charge in [-0.15, -0.1) is 0 Å². The van der Waals surface area contributed by atoms with Crippen LogP contribution in [-0.4, -0.2) is 33.9 Å². The Balaban J connectivity index is 1.59. The number of carbonyl (C=O) groups excluding carboxylic acids is 2. The minimum Gasteiger partial charge on any atom is -0.330 e. The molecule has 0 saturated heterocycles. The first kappa shape index (κ1) is 20.5. The molecular formula is C26H26FN3O2. The zero-order valence-electron chi connectivity index (χ0n) is 18.2. The van der Waals surface area contributed by atoms with E-state index in [-0.39, 0.29) is 36.1 Å². The molecule has 0 radical (unpaired) electrons. The van der Waals surface area contributed by atoms with Crippen molar-refractivity contribution in [1.82, 2.24) is 9.47 Å². The van der Waals surface area contributed by atoms with Crippen molar-refractivity contribution in [2.75, 3.05) is 11.4 Å². The second-order valence-corrected chi connectivity index (χ2v) is 8.86. The number of hydrogen-bond donors (Lipinski definition) is 0. The molecule has 2 amide bonds. The van der Waals surface area contributed by atoms with Crippen molar-refractivity contribution in [2.45, 2.75) is 38.8 Å². The topological polar surface area (TPSA) is 45.6 Å². The molecule has 3 aromatic rings. The Kier molecular flexibility index (Phi) is 5.08. The number of anilines is 1. The molecule has 1 fully saturated rings. The SMILES string of the molecule is CC(C)C(=O)N(CC(=O)N1c2ccccc2-n2cccc2C1c1ccc(F)cc1)C1CC1. The van der Waals surface area contributed by atoms with E-state index in [4.69, 9.17) is 0 Å². The summed E-state index contributed by atoms with van der Waals surface area (Å²) in [7, 11) is 0. The monoisotopic (exact) mass is 431 g/mol. The molecule has 1 aromatic heterocycles. The van der Waals surface area contributed by atoms with E-state index >= 15 is 0 Å². The van der Waals surface area contributed by atoms with Crippen LogP contribution in [0.5, 0.6) is 0 Å². The van der Waals surface area contributed by atoms with E-state index in [9.17, 15) is 14.0 Å². The lowest BCUT2D eigenvalue weighted by atomic mass is 9.97. The minimum absolute atomic E-state index is 0.00727. The Morgan fingerprint density at radius 1 is 1.00 bits per heavy atom. The summed E-state index contributed by atoms with van der Waals surface area (Å²) in [5.41, 5.74) is 3.44. The van der Waals surface area contributed by atoms with Gasteiger partial charge in [0, 0.05) is 18.2 Å². The molecule has 5 rings (SSSR count). The van der Waals surface area contributed by atoms with Crippen LogP contribution in [0.1, 0.15) is 44.0 Å². The highest BCUT2D eigenvalue weighted by atomic mass is 19.1. The standard InChI is InChI=1S/C26H26FN3O2/c1-17(2)26(32)29(20-13-14-20)16-24(31)30-22-7-4-3-6-21(22)28-15-5-8-23(28)25(30)18-9-11-19(27)12-10-18/h3-12,15,17,20,25H,13-14,16H2,1-2H3. The van der Waals surface area contributed by atoms with Crippen molar-refractivity contribution in [3.63, 3.8) is 0 Å². The maximum atomic E-state index is 13.9. The van der Waals surface area contributed by atoms with Crippen LogP contribution in [0.4, 0.5) is 10.1 Å². The summed E-state index contributed by atoms with van der Waals surface area (Å²) in [5.74, 6) is -0.615. The maximum absolute atomic E-state index is 13.9. The van der Waals surface area contributed by atoms with Crippen LogP contribution in [0.15, 0.2) is 66.9 Å². The molecule has 5 nitrogen and oxygen atoms in total. The van der Waals surface area contributed by atoms with Gasteiger partial charge in [-0.05, 0) is 54.8 Å². The van der Waals surface area contributed by atoms with Gasteiger partial charge in [0.25, 0.3) is 0 Å². The van der Waals surface area contributed by atoms with Gasteiger partial charge in [0.1, 0.15) is 18.4 Å². The Bertz CT molecular complexity index is 1160. The zero-order chi connectivity index (χ0) is 22.4. The van der Waals surface area contributed by atoms with Crippen molar-refractivity contribution in [1.29, 1.82) is 0 Å². The Morgan fingerprint density at radius 3 is 2.34 bits per heavy atom. The van der Waals surface area contributed by atoms with E-state index < -0.39 is 6.04 Å². The summed E-state index contributed by atoms with van der Waals surface area (Å²) in [4.78, 5) is 30.2. The van der Waals surface area contributed by atoms with Gasteiger partial charge in [-0.2, -0.15) is 0 Å². The number of carbonyl (C=O) groups is 2. The van der Waals surface area contributed by atoms with Crippen LogP contribution in [0.25, 0.3) is 5.69 Å². The van der Waals surface area contributed by atoms with E-state index in [1.807, 2.05) is 56.4 Å². The molecule has 6 heteroatoms. The lowest BCUT2D eigenvalue weighted by molar-refractivity contribution is -0.138. The van der Waals surface area contributed by atoms with E-state index in [2.05, 4.69) is 4.57 Å². The second kappa shape index (κ2) is 7.93. The average Bonchev–Trinajstić information content (AvgIpc) is 3.52. The highest BCUT2D eigenvalue weighted by Crippen LogP contribution is 2.42. The number of hydrogen-bond acceptors (Lipinski definition) is 2. The highest BCUT2D eigenvalue weighted by Gasteiger charge is 2.40. The largest absolute Gasteiger partial charge is 0.330 e. The number of rotatable bonds is 5. The third-order valence-corrected chi connectivity index (χ3v) is 6.24. The van der Waals surface area contributed by atoms with E-state index in [0.717, 1.165) is 35.5 Å². The van der Waals surface area contributed by atoms with Gasteiger partial charge in [-0.1, -0.05) is 38.1 Å². The fourth-order valence-electron chi connectivity index (χ4n) is 4.55. The number of fused-ring (bicyclic) bond motifs is 3. The lowest BCUT2D eigenvalue weighted by Gasteiger charge is -2.39.